The minimum Gasteiger partial charge on any atom is -0.457 e. The van der Waals surface area contributed by atoms with Gasteiger partial charge in [-0.25, -0.2) is 9.37 Å². The van der Waals surface area contributed by atoms with Crippen LogP contribution in [0.5, 0.6) is 11.5 Å². The van der Waals surface area contributed by atoms with E-state index >= 15 is 0 Å². The fourth-order valence-electron chi connectivity index (χ4n) is 3.39. The molecule has 5 aromatic rings. The molecule has 0 aliphatic heterocycles. The van der Waals surface area contributed by atoms with Crippen LogP contribution in [0.2, 0.25) is 0 Å². The maximum absolute atomic E-state index is 13.7. The van der Waals surface area contributed by atoms with E-state index in [1.807, 2.05) is 42.6 Å². The molecule has 0 fully saturated rings. The molecule has 2 aromatic heterocycles. The smallest absolute Gasteiger partial charge is 0.260 e. The highest BCUT2D eigenvalue weighted by atomic mass is 32.1. The third-order valence-electron chi connectivity index (χ3n) is 4.99. The van der Waals surface area contributed by atoms with Crippen molar-refractivity contribution in [1.82, 2.24) is 14.8 Å². The van der Waals surface area contributed by atoms with Crippen LogP contribution in [0.3, 0.4) is 0 Å². The number of amides is 1. The third kappa shape index (κ3) is 4.75. The highest BCUT2D eigenvalue weighted by Gasteiger charge is 2.22. The minimum absolute atomic E-state index is 0.222. The lowest BCUT2D eigenvalue weighted by Crippen LogP contribution is -2.34. The molecule has 3 aromatic carbocycles. The van der Waals surface area contributed by atoms with Crippen molar-refractivity contribution >= 4 is 32.6 Å². The van der Waals surface area contributed by atoms with Gasteiger partial charge in [-0.3, -0.25) is 14.4 Å². The zero-order valence-electron chi connectivity index (χ0n) is 17.5. The van der Waals surface area contributed by atoms with Crippen LogP contribution in [-0.4, -0.2) is 27.2 Å². The molecule has 1 amide bonds. The predicted octanol–water partition coefficient (Wildman–Crippen LogP) is 5.77. The Labute approximate surface area is 193 Å². The molecule has 0 N–H and O–H groups in total. The van der Waals surface area contributed by atoms with Crippen molar-refractivity contribution in [3.05, 3.63) is 103 Å². The second-order valence-electron chi connectivity index (χ2n) is 7.28. The number of fused-ring (bicyclic) bond motifs is 1. The average molecular weight is 459 g/mol. The van der Waals surface area contributed by atoms with Gasteiger partial charge in [-0.1, -0.05) is 35.6 Å². The number of hydrogen-bond acceptors (Lipinski definition) is 5. The maximum atomic E-state index is 13.7. The van der Waals surface area contributed by atoms with E-state index in [0.717, 1.165) is 0 Å². The summed E-state index contributed by atoms with van der Waals surface area (Å²) in [6.45, 7) is 0.843. The first-order valence-electron chi connectivity index (χ1n) is 10.3. The number of thiazole rings is 1. The zero-order chi connectivity index (χ0) is 22.6. The van der Waals surface area contributed by atoms with E-state index in [9.17, 15) is 9.18 Å². The Morgan fingerprint density at radius 2 is 1.85 bits per heavy atom. The van der Waals surface area contributed by atoms with Crippen LogP contribution in [0.15, 0.2) is 91.3 Å². The van der Waals surface area contributed by atoms with E-state index in [4.69, 9.17) is 4.74 Å². The molecule has 164 valence electrons. The highest BCUT2D eigenvalue weighted by molar-refractivity contribution is 7.22. The van der Waals surface area contributed by atoms with E-state index < -0.39 is 0 Å². The van der Waals surface area contributed by atoms with Gasteiger partial charge in [-0.15, -0.1) is 0 Å². The molecule has 0 unspecified atom stereocenters. The molecule has 0 spiro atoms. The Hall–Kier alpha value is -4.04. The van der Waals surface area contributed by atoms with Gasteiger partial charge >= 0.3 is 0 Å². The molecular formula is C25H19FN4O2S. The highest BCUT2D eigenvalue weighted by Crippen LogP contribution is 2.31. The van der Waals surface area contributed by atoms with Crippen molar-refractivity contribution in [2.75, 3.05) is 11.4 Å². The number of hydrogen-bond donors (Lipinski definition) is 0. The van der Waals surface area contributed by atoms with Gasteiger partial charge in [0.2, 0.25) is 0 Å². The second kappa shape index (κ2) is 9.22. The lowest BCUT2D eigenvalue weighted by Gasteiger charge is -2.20. The number of anilines is 1. The predicted molar refractivity (Wildman–Crippen MR) is 126 cm³/mol. The zero-order valence-corrected chi connectivity index (χ0v) is 18.3. The van der Waals surface area contributed by atoms with Crippen LogP contribution in [0.25, 0.3) is 10.2 Å². The molecule has 8 heteroatoms. The molecule has 0 bridgehead atoms. The van der Waals surface area contributed by atoms with Gasteiger partial charge in [0.1, 0.15) is 17.3 Å². The van der Waals surface area contributed by atoms with Gasteiger partial charge < -0.3 is 4.74 Å². The number of halogens is 1. The normalized spacial score (nSPS) is 10.9. The largest absolute Gasteiger partial charge is 0.457 e. The number of carbonyl (C=O) groups is 1. The lowest BCUT2D eigenvalue weighted by molar-refractivity contribution is 0.0985. The molecule has 0 radical (unpaired) electrons. The number of para-hydroxylation sites is 1. The summed E-state index contributed by atoms with van der Waals surface area (Å²) in [6.07, 6.45) is 3.53. The molecule has 0 aliphatic carbocycles. The van der Waals surface area contributed by atoms with Crippen LogP contribution < -0.4 is 9.64 Å². The topological polar surface area (TPSA) is 60.2 Å². The molecule has 2 heterocycles. The van der Waals surface area contributed by atoms with Crippen LogP contribution in [0.1, 0.15) is 10.4 Å². The van der Waals surface area contributed by atoms with Crippen molar-refractivity contribution in [2.24, 2.45) is 0 Å². The molecule has 0 atom stereocenters. The molecule has 5 rings (SSSR count). The van der Waals surface area contributed by atoms with Crippen LogP contribution in [0, 0.1) is 5.82 Å². The fraction of sp³-hybridized carbons (Fsp3) is 0.0800. The summed E-state index contributed by atoms with van der Waals surface area (Å²) in [5.74, 6) is 0.689. The SMILES string of the molecule is O=C(c1cccc(Oc2ccccc2)c1)N(CCn1cccn1)c1nc2ccc(F)cc2s1. The van der Waals surface area contributed by atoms with Gasteiger partial charge in [-0.05, 0) is 54.6 Å². The quantitative estimate of drug-likeness (QED) is 0.311. The van der Waals surface area contributed by atoms with Gasteiger partial charge in [0, 0.05) is 24.5 Å². The van der Waals surface area contributed by atoms with Crippen molar-refractivity contribution < 1.29 is 13.9 Å². The van der Waals surface area contributed by atoms with Gasteiger partial charge in [0.05, 0.1) is 16.8 Å². The summed E-state index contributed by atoms with van der Waals surface area (Å²) < 4.78 is 22.0. The molecule has 0 saturated heterocycles. The van der Waals surface area contributed by atoms with E-state index in [1.54, 1.807) is 46.1 Å². The summed E-state index contributed by atoms with van der Waals surface area (Å²) in [4.78, 5) is 19.8. The van der Waals surface area contributed by atoms with Gasteiger partial charge in [0.25, 0.3) is 5.91 Å². The number of carbonyl (C=O) groups excluding carboxylic acids is 1. The molecular weight excluding hydrogens is 439 g/mol. The van der Waals surface area contributed by atoms with Crippen LogP contribution in [-0.2, 0) is 6.54 Å². The Morgan fingerprint density at radius 1 is 1.00 bits per heavy atom. The number of nitrogens with zero attached hydrogens (tertiary/aromatic N) is 4. The minimum atomic E-state index is -0.335. The summed E-state index contributed by atoms with van der Waals surface area (Å²) in [6, 6.07) is 22.7. The van der Waals surface area contributed by atoms with Crippen molar-refractivity contribution in [3.63, 3.8) is 0 Å². The van der Waals surface area contributed by atoms with E-state index in [0.29, 0.717) is 45.5 Å². The van der Waals surface area contributed by atoms with E-state index in [1.165, 1.54) is 23.5 Å². The number of aromatic nitrogens is 3. The van der Waals surface area contributed by atoms with E-state index in [-0.39, 0.29) is 11.7 Å². The number of ether oxygens (including phenoxy) is 1. The Morgan fingerprint density at radius 3 is 2.67 bits per heavy atom. The molecule has 6 nitrogen and oxygen atoms in total. The monoisotopic (exact) mass is 458 g/mol. The third-order valence-corrected chi connectivity index (χ3v) is 6.03. The number of rotatable bonds is 7. The molecule has 0 aliphatic rings. The summed E-state index contributed by atoms with van der Waals surface area (Å²) in [5, 5.41) is 4.72. The molecule has 33 heavy (non-hydrogen) atoms. The van der Waals surface area contributed by atoms with Crippen molar-refractivity contribution in [3.8, 4) is 11.5 Å². The Kier molecular flexibility index (Phi) is 5.82. The summed E-state index contributed by atoms with van der Waals surface area (Å²) in [7, 11) is 0. The first-order valence-corrected chi connectivity index (χ1v) is 11.2. The van der Waals surface area contributed by atoms with Gasteiger partial charge in [-0.2, -0.15) is 5.10 Å². The second-order valence-corrected chi connectivity index (χ2v) is 8.29. The van der Waals surface area contributed by atoms with Crippen molar-refractivity contribution in [1.29, 1.82) is 0 Å². The van der Waals surface area contributed by atoms with E-state index in [2.05, 4.69) is 10.1 Å². The van der Waals surface area contributed by atoms with Crippen LogP contribution in [0.4, 0.5) is 9.52 Å². The van der Waals surface area contributed by atoms with Crippen LogP contribution >= 0.6 is 11.3 Å². The first-order chi connectivity index (χ1) is 16.2. The maximum Gasteiger partial charge on any atom is 0.260 e. The fourth-order valence-corrected chi connectivity index (χ4v) is 4.41. The first kappa shape index (κ1) is 20.8. The summed E-state index contributed by atoms with van der Waals surface area (Å²) in [5.41, 5.74) is 1.11. The Balaban J connectivity index is 1.46. The Bertz CT molecular complexity index is 1390. The average Bonchev–Trinajstić information content (AvgIpc) is 3.49. The molecule has 0 saturated carbocycles. The van der Waals surface area contributed by atoms with Gasteiger partial charge in [0.15, 0.2) is 5.13 Å². The standard InChI is InChI=1S/C25H19FN4O2S/c26-19-10-11-22-23(17-19)33-25(28-22)30(15-14-29-13-5-12-27-29)24(31)18-6-4-9-21(16-18)32-20-7-2-1-3-8-20/h1-13,16-17H,14-15H2. The lowest BCUT2D eigenvalue weighted by atomic mass is 10.2. The number of benzene rings is 3. The van der Waals surface area contributed by atoms with Crippen molar-refractivity contribution in [2.45, 2.75) is 6.54 Å². The summed E-state index contributed by atoms with van der Waals surface area (Å²) >= 11 is 1.28.